The van der Waals surface area contributed by atoms with Gasteiger partial charge in [0.1, 0.15) is 11.5 Å². The summed E-state index contributed by atoms with van der Waals surface area (Å²) in [5.74, 6) is 0.203. The highest BCUT2D eigenvalue weighted by molar-refractivity contribution is 6.35. The van der Waals surface area contributed by atoms with Gasteiger partial charge in [0.15, 0.2) is 0 Å². The second kappa shape index (κ2) is 9.80. The maximum absolute atomic E-state index is 11.9. The molecule has 1 aromatic carbocycles. The Balaban J connectivity index is 1.35. The molecule has 1 saturated heterocycles. The van der Waals surface area contributed by atoms with Crippen molar-refractivity contribution in [1.82, 2.24) is 15.5 Å². The van der Waals surface area contributed by atoms with Crippen LogP contribution in [0.3, 0.4) is 0 Å². The zero-order valence-electron chi connectivity index (χ0n) is 16.0. The van der Waals surface area contributed by atoms with Crippen molar-refractivity contribution >= 4 is 17.5 Å². The van der Waals surface area contributed by atoms with E-state index in [2.05, 4.69) is 26.5 Å². The SMILES string of the molecule is COc1ccccc1N1CCN(CCNC(=O)C(=O)NCc2ccco2)CC1. The van der Waals surface area contributed by atoms with Crippen LogP contribution in [0.5, 0.6) is 5.75 Å². The summed E-state index contributed by atoms with van der Waals surface area (Å²) in [6, 6.07) is 11.5. The molecule has 0 bridgehead atoms. The predicted molar refractivity (Wildman–Crippen MR) is 105 cm³/mol. The van der Waals surface area contributed by atoms with Gasteiger partial charge in [0.2, 0.25) is 0 Å². The number of furan rings is 1. The van der Waals surface area contributed by atoms with Crippen molar-refractivity contribution in [2.75, 3.05) is 51.3 Å². The van der Waals surface area contributed by atoms with Crippen molar-refractivity contribution in [3.05, 3.63) is 48.4 Å². The van der Waals surface area contributed by atoms with Gasteiger partial charge in [-0.3, -0.25) is 14.5 Å². The molecule has 0 unspecified atom stereocenters. The number of nitrogens with one attached hydrogen (secondary N) is 2. The topological polar surface area (TPSA) is 87.0 Å². The first-order valence-electron chi connectivity index (χ1n) is 9.36. The van der Waals surface area contributed by atoms with E-state index in [1.807, 2.05) is 18.2 Å². The first-order valence-corrected chi connectivity index (χ1v) is 9.36. The second-order valence-corrected chi connectivity index (χ2v) is 6.52. The Bertz CT molecular complexity index is 770. The molecule has 2 N–H and O–H groups in total. The molecule has 1 fully saturated rings. The molecular weight excluding hydrogens is 360 g/mol. The zero-order chi connectivity index (χ0) is 19.8. The lowest BCUT2D eigenvalue weighted by atomic mass is 10.2. The number of hydrogen-bond donors (Lipinski definition) is 2. The standard InChI is InChI=1S/C20H26N4O4/c1-27-18-7-3-2-6-17(18)24-12-10-23(11-13-24)9-8-21-19(25)20(26)22-15-16-5-4-14-28-16/h2-7,14H,8-13,15H2,1H3,(H,21,25)(H,22,26). The summed E-state index contributed by atoms with van der Waals surface area (Å²) in [5, 5.41) is 5.20. The minimum atomic E-state index is -0.655. The highest BCUT2D eigenvalue weighted by Crippen LogP contribution is 2.28. The van der Waals surface area contributed by atoms with Crippen LogP contribution in [-0.2, 0) is 16.1 Å². The summed E-state index contributed by atoms with van der Waals surface area (Å²) >= 11 is 0. The number of ether oxygens (including phenoxy) is 1. The Morgan fingerprint density at radius 3 is 2.50 bits per heavy atom. The summed E-state index contributed by atoms with van der Waals surface area (Å²) in [6.07, 6.45) is 1.52. The van der Waals surface area contributed by atoms with Crippen molar-refractivity contribution in [2.45, 2.75) is 6.54 Å². The molecule has 1 aliphatic heterocycles. The third kappa shape index (κ3) is 5.26. The van der Waals surface area contributed by atoms with Crippen LogP contribution in [0.15, 0.2) is 47.1 Å². The Labute approximate surface area is 164 Å². The molecular formula is C20H26N4O4. The van der Waals surface area contributed by atoms with Crippen molar-refractivity contribution in [3.8, 4) is 5.75 Å². The Morgan fingerprint density at radius 2 is 1.79 bits per heavy atom. The highest BCUT2D eigenvalue weighted by Gasteiger charge is 2.20. The normalized spacial score (nSPS) is 14.5. The molecule has 0 atom stereocenters. The molecule has 8 heteroatoms. The first kappa shape index (κ1) is 19.8. The van der Waals surface area contributed by atoms with E-state index in [-0.39, 0.29) is 6.54 Å². The molecule has 2 aromatic rings. The van der Waals surface area contributed by atoms with Crippen molar-refractivity contribution < 1.29 is 18.7 Å². The maximum Gasteiger partial charge on any atom is 0.309 e. The summed E-state index contributed by atoms with van der Waals surface area (Å²) in [5.41, 5.74) is 1.10. The van der Waals surface area contributed by atoms with E-state index in [1.165, 1.54) is 6.26 Å². The van der Waals surface area contributed by atoms with Crippen molar-refractivity contribution in [1.29, 1.82) is 0 Å². The molecule has 28 heavy (non-hydrogen) atoms. The Morgan fingerprint density at radius 1 is 1.04 bits per heavy atom. The van der Waals surface area contributed by atoms with Gasteiger partial charge in [-0.1, -0.05) is 12.1 Å². The molecule has 1 aliphatic rings. The predicted octanol–water partition coefficient (Wildman–Crippen LogP) is 0.843. The van der Waals surface area contributed by atoms with Crippen LogP contribution < -0.4 is 20.3 Å². The quantitative estimate of drug-likeness (QED) is 0.686. The molecule has 1 aromatic heterocycles. The first-order chi connectivity index (χ1) is 13.7. The van der Waals surface area contributed by atoms with E-state index in [4.69, 9.17) is 9.15 Å². The van der Waals surface area contributed by atoms with Gasteiger partial charge >= 0.3 is 11.8 Å². The number of nitrogens with zero attached hydrogens (tertiary/aromatic N) is 2. The summed E-state index contributed by atoms with van der Waals surface area (Å²) in [7, 11) is 1.68. The van der Waals surface area contributed by atoms with Crippen LogP contribution in [0, 0.1) is 0 Å². The molecule has 150 valence electrons. The van der Waals surface area contributed by atoms with Crippen molar-refractivity contribution in [2.24, 2.45) is 0 Å². The minimum absolute atomic E-state index is 0.199. The molecule has 2 heterocycles. The van der Waals surface area contributed by atoms with Crippen LogP contribution in [0.1, 0.15) is 5.76 Å². The molecule has 2 amide bonds. The van der Waals surface area contributed by atoms with E-state index in [0.29, 0.717) is 18.8 Å². The third-order valence-electron chi connectivity index (χ3n) is 4.72. The van der Waals surface area contributed by atoms with Crippen LogP contribution in [-0.4, -0.2) is 63.1 Å². The third-order valence-corrected chi connectivity index (χ3v) is 4.72. The number of methoxy groups -OCH3 is 1. The van der Waals surface area contributed by atoms with Crippen LogP contribution in [0.2, 0.25) is 0 Å². The van der Waals surface area contributed by atoms with Crippen LogP contribution in [0.4, 0.5) is 5.69 Å². The number of amides is 2. The second-order valence-electron chi connectivity index (χ2n) is 6.52. The number of anilines is 1. The maximum atomic E-state index is 11.9. The van der Waals surface area contributed by atoms with Crippen LogP contribution in [0.25, 0.3) is 0 Å². The lowest BCUT2D eigenvalue weighted by molar-refractivity contribution is -0.139. The average Bonchev–Trinajstić information content (AvgIpc) is 3.26. The average molecular weight is 386 g/mol. The smallest absolute Gasteiger partial charge is 0.309 e. The van der Waals surface area contributed by atoms with Gasteiger partial charge in [-0.2, -0.15) is 0 Å². The van der Waals surface area contributed by atoms with E-state index in [9.17, 15) is 9.59 Å². The fourth-order valence-electron chi connectivity index (χ4n) is 3.17. The Hall–Kier alpha value is -3.00. The van der Waals surface area contributed by atoms with Gasteiger partial charge in [0.05, 0.1) is 25.6 Å². The zero-order valence-corrected chi connectivity index (χ0v) is 16.0. The minimum Gasteiger partial charge on any atom is -0.495 e. The van der Waals surface area contributed by atoms with E-state index in [0.717, 1.165) is 37.6 Å². The van der Waals surface area contributed by atoms with Crippen molar-refractivity contribution in [3.63, 3.8) is 0 Å². The molecule has 0 aliphatic carbocycles. The van der Waals surface area contributed by atoms with Crippen LogP contribution >= 0.6 is 0 Å². The van der Waals surface area contributed by atoms with Gasteiger partial charge in [-0.05, 0) is 24.3 Å². The summed E-state index contributed by atoms with van der Waals surface area (Å²) in [4.78, 5) is 28.2. The number of benzene rings is 1. The number of carbonyl (C=O) groups is 2. The summed E-state index contributed by atoms with van der Waals surface area (Å²) < 4.78 is 10.6. The number of piperazine rings is 1. The molecule has 8 nitrogen and oxygen atoms in total. The van der Waals surface area contributed by atoms with E-state index < -0.39 is 11.8 Å². The molecule has 3 rings (SSSR count). The Kier molecular flexibility index (Phi) is 6.91. The van der Waals surface area contributed by atoms with Gasteiger partial charge in [0, 0.05) is 39.3 Å². The number of para-hydroxylation sites is 2. The lowest BCUT2D eigenvalue weighted by Gasteiger charge is -2.36. The largest absolute Gasteiger partial charge is 0.495 e. The van der Waals surface area contributed by atoms with Gasteiger partial charge in [-0.25, -0.2) is 0 Å². The fraction of sp³-hybridized carbons (Fsp3) is 0.400. The number of rotatable bonds is 7. The lowest BCUT2D eigenvalue weighted by Crippen LogP contribution is -2.49. The van der Waals surface area contributed by atoms with Gasteiger partial charge in [0.25, 0.3) is 0 Å². The molecule has 0 radical (unpaired) electrons. The highest BCUT2D eigenvalue weighted by atomic mass is 16.5. The number of carbonyl (C=O) groups excluding carboxylic acids is 2. The fourth-order valence-corrected chi connectivity index (χ4v) is 3.17. The molecule has 0 saturated carbocycles. The number of hydrogen-bond acceptors (Lipinski definition) is 6. The van der Waals surface area contributed by atoms with E-state index >= 15 is 0 Å². The summed E-state index contributed by atoms with van der Waals surface area (Å²) in [6.45, 7) is 4.88. The van der Waals surface area contributed by atoms with Gasteiger partial charge in [-0.15, -0.1) is 0 Å². The molecule has 0 spiro atoms. The van der Waals surface area contributed by atoms with E-state index in [1.54, 1.807) is 19.2 Å². The van der Waals surface area contributed by atoms with Gasteiger partial charge < -0.3 is 24.7 Å². The monoisotopic (exact) mass is 386 g/mol.